The van der Waals surface area contributed by atoms with Crippen LogP contribution in [0.3, 0.4) is 0 Å². The first-order chi connectivity index (χ1) is 14.0. The maximum absolute atomic E-state index is 6.59. The molecule has 0 radical (unpaired) electrons. The second-order valence-corrected chi connectivity index (χ2v) is 8.91. The molecule has 0 amide bonds. The van der Waals surface area contributed by atoms with Crippen molar-refractivity contribution in [3.63, 3.8) is 0 Å². The summed E-state index contributed by atoms with van der Waals surface area (Å²) in [6, 6.07) is 18.8. The lowest BCUT2D eigenvalue weighted by atomic mass is 9.77. The minimum atomic E-state index is -0.00102. The Hall–Kier alpha value is -2.01. The number of aryl methyl sites for hydroxylation is 1. The second kappa shape index (κ2) is 8.78. The number of nitrogens with zero attached hydrogens (tertiary/aromatic N) is 3. The van der Waals surface area contributed by atoms with Gasteiger partial charge in [0.05, 0.1) is 11.6 Å². The van der Waals surface area contributed by atoms with E-state index in [1.165, 1.54) is 5.56 Å². The standard InChI is InChI=1S/C24H29ClN4/c1-24(2,13-12-18-8-4-3-5-9-18)21(29-16-14-26-15-17-29)23-27-20-11-7-6-10-19(20)22(25)28-23/h3-11,21,26H,12-17H2,1-2H3/t21-/m1/s1. The minimum Gasteiger partial charge on any atom is -0.314 e. The quantitative estimate of drug-likeness (QED) is 0.589. The van der Waals surface area contributed by atoms with Crippen LogP contribution < -0.4 is 5.32 Å². The molecule has 1 atom stereocenters. The van der Waals surface area contributed by atoms with Gasteiger partial charge >= 0.3 is 0 Å². The molecule has 0 saturated carbocycles. The van der Waals surface area contributed by atoms with Gasteiger partial charge in [-0.3, -0.25) is 4.90 Å². The third-order valence-electron chi connectivity index (χ3n) is 5.98. The summed E-state index contributed by atoms with van der Waals surface area (Å²) in [6.45, 7) is 8.66. The van der Waals surface area contributed by atoms with E-state index in [2.05, 4.69) is 54.4 Å². The number of hydrogen-bond acceptors (Lipinski definition) is 4. The largest absolute Gasteiger partial charge is 0.314 e. The van der Waals surface area contributed by atoms with Gasteiger partial charge in [-0.2, -0.15) is 0 Å². The summed E-state index contributed by atoms with van der Waals surface area (Å²) in [5.74, 6) is 0.841. The zero-order valence-electron chi connectivity index (χ0n) is 17.2. The van der Waals surface area contributed by atoms with Crippen LogP contribution in [0.5, 0.6) is 0 Å². The summed E-state index contributed by atoms with van der Waals surface area (Å²) in [7, 11) is 0. The zero-order valence-corrected chi connectivity index (χ0v) is 18.0. The molecular formula is C24H29ClN4. The fraction of sp³-hybridized carbons (Fsp3) is 0.417. The maximum atomic E-state index is 6.59. The molecule has 29 heavy (non-hydrogen) atoms. The number of fused-ring (bicyclic) bond motifs is 1. The molecule has 2 aromatic carbocycles. The van der Waals surface area contributed by atoms with Crippen molar-refractivity contribution in [1.29, 1.82) is 0 Å². The average Bonchev–Trinajstić information content (AvgIpc) is 2.74. The van der Waals surface area contributed by atoms with Crippen LogP contribution in [0.4, 0.5) is 0 Å². The Bertz CT molecular complexity index is 952. The lowest BCUT2D eigenvalue weighted by Gasteiger charge is -2.43. The summed E-state index contributed by atoms with van der Waals surface area (Å²) >= 11 is 6.59. The van der Waals surface area contributed by atoms with E-state index in [9.17, 15) is 0 Å². The molecule has 1 aliphatic rings. The Balaban J connectivity index is 1.69. The van der Waals surface area contributed by atoms with Gasteiger partial charge in [-0.1, -0.05) is 67.9 Å². The van der Waals surface area contributed by atoms with Gasteiger partial charge in [-0.25, -0.2) is 9.97 Å². The molecule has 1 fully saturated rings. The summed E-state index contributed by atoms with van der Waals surface area (Å²) < 4.78 is 0. The molecule has 1 aliphatic heterocycles. The molecule has 0 unspecified atom stereocenters. The molecule has 3 aromatic rings. The third-order valence-corrected chi connectivity index (χ3v) is 6.26. The van der Waals surface area contributed by atoms with Gasteiger partial charge < -0.3 is 5.32 Å². The molecule has 1 saturated heterocycles. The Morgan fingerprint density at radius 1 is 1.00 bits per heavy atom. The van der Waals surface area contributed by atoms with E-state index in [1.54, 1.807) is 0 Å². The number of rotatable bonds is 6. The number of piperazine rings is 1. The average molecular weight is 409 g/mol. The summed E-state index contributed by atoms with van der Waals surface area (Å²) in [4.78, 5) is 12.3. The number of benzene rings is 2. The van der Waals surface area contributed by atoms with Crippen molar-refractivity contribution in [3.05, 3.63) is 71.1 Å². The van der Waals surface area contributed by atoms with E-state index in [4.69, 9.17) is 21.6 Å². The highest BCUT2D eigenvalue weighted by atomic mass is 35.5. The van der Waals surface area contributed by atoms with Crippen LogP contribution in [0.1, 0.15) is 37.7 Å². The zero-order chi connectivity index (χ0) is 20.3. The molecule has 4 rings (SSSR count). The highest BCUT2D eigenvalue weighted by Crippen LogP contribution is 2.41. The van der Waals surface area contributed by atoms with E-state index >= 15 is 0 Å². The van der Waals surface area contributed by atoms with Crippen LogP contribution in [0.15, 0.2) is 54.6 Å². The predicted octanol–water partition coefficient (Wildman–Crippen LogP) is 4.89. The summed E-state index contributed by atoms with van der Waals surface area (Å²) in [5, 5.41) is 4.92. The normalized spacial score (nSPS) is 16.8. The molecule has 5 heteroatoms. The number of halogens is 1. The van der Waals surface area contributed by atoms with Crippen LogP contribution >= 0.6 is 11.6 Å². The van der Waals surface area contributed by atoms with E-state index in [-0.39, 0.29) is 11.5 Å². The fourth-order valence-corrected chi connectivity index (χ4v) is 4.62. The van der Waals surface area contributed by atoms with Gasteiger partial charge in [0.25, 0.3) is 0 Å². The smallest absolute Gasteiger partial charge is 0.148 e. The van der Waals surface area contributed by atoms with Crippen LogP contribution in [0, 0.1) is 5.41 Å². The molecular weight excluding hydrogens is 380 g/mol. The van der Waals surface area contributed by atoms with Gasteiger partial charge in [-0.05, 0) is 36.0 Å². The Morgan fingerprint density at radius 2 is 1.69 bits per heavy atom. The molecule has 4 nitrogen and oxygen atoms in total. The highest BCUT2D eigenvalue weighted by molar-refractivity contribution is 6.34. The Kier molecular flexibility index (Phi) is 6.14. The van der Waals surface area contributed by atoms with Gasteiger partial charge in [0.15, 0.2) is 0 Å². The lowest BCUT2D eigenvalue weighted by Crippen LogP contribution is -2.49. The van der Waals surface area contributed by atoms with Gasteiger partial charge in [0, 0.05) is 31.6 Å². The molecule has 1 N–H and O–H groups in total. The van der Waals surface area contributed by atoms with Gasteiger partial charge in [0.1, 0.15) is 11.0 Å². The predicted molar refractivity (Wildman–Crippen MR) is 120 cm³/mol. The highest BCUT2D eigenvalue weighted by Gasteiger charge is 2.38. The van der Waals surface area contributed by atoms with Crippen molar-refractivity contribution >= 4 is 22.5 Å². The number of aromatic nitrogens is 2. The first kappa shape index (κ1) is 20.3. The van der Waals surface area contributed by atoms with E-state index in [0.717, 1.165) is 55.7 Å². The second-order valence-electron chi connectivity index (χ2n) is 8.55. The molecule has 0 bridgehead atoms. The molecule has 2 heterocycles. The van der Waals surface area contributed by atoms with Crippen molar-refractivity contribution < 1.29 is 0 Å². The molecule has 0 aliphatic carbocycles. The molecule has 152 valence electrons. The van der Waals surface area contributed by atoms with Crippen LogP contribution in [0.2, 0.25) is 5.15 Å². The van der Waals surface area contributed by atoms with Crippen LogP contribution in [0.25, 0.3) is 10.9 Å². The Morgan fingerprint density at radius 3 is 2.45 bits per heavy atom. The maximum Gasteiger partial charge on any atom is 0.148 e. The van der Waals surface area contributed by atoms with Crippen molar-refractivity contribution in [3.8, 4) is 0 Å². The van der Waals surface area contributed by atoms with E-state index in [1.807, 2.05) is 24.3 Å². The minimum absolute atomic E-state index is 0.00102. The lowest BCUT2D eigenvalue weighted by molar-refractivity contribution is 0.0628. The van der Waals surface area contributed by atoms with Gasteiger partial charge in [0.2, 0.25) is 0 Å². The SMILES string of the molecule is CC(C)(CCc1ccccc1)[C@@H](c1nc(Cl)c2ccccc2n1)N1CCNCC1. The summed E-state index contributed by atoms with van der Waals surface area (Å²) in [6.07, 6.45) is 2.09. The third kappa shape index (κ3) is 4.61. The molecule has 0 spiro atoms. The van der Waals surface area contributed by atoms with Crippen LogP contribution in [-0.4, -0.2) is 41.0 Å². The van der Waals surface area contributed by atoms with E-state index in [0.29, 0.717) is 5.15 Å². The number of para-hydroxylation sites is 1. The topological polar surface area (TPSA) is 41.1 Å². The number of hydrogen-bond donors (Lipinski definition) is 1. The summed E-state index contributed by atoms with van der Waals surface area (Å²) in [5.41, 5.74) is 2.29. The molecule has 1 aromatic heterocycles. The number of nitrogens with one attached hydrogen (secondary N) is 1. The first-order valence-electron chi connectivity index (χ1n) is 10.5. The fourth-order valence-electron chi connectivity index (χ4n) is 4.37. The monoisotopic (exact) mass is 408 g/mol. The van der Waals surface area contributed by atoms with E-state index < -0.39 is 0 Å². The van der Waals surface area contributed by atoms with Crippen molar-refractivity contribution in [1.82, 2.24) is 20.2 Å². The van der Waals surface area contributed by atoms with Crippen LogP contribution in [-0.2, 0) is 6.42 Å². The Labute approximate surface area is 178 Å². The van der Waals surface area contributed by atoms with Gasteiger partial charge in [-0.15, -0.1) is 0 Å². The van der Waals surface area contributed by atoms with Crippen molar-refractivity contribution in [2.75, 3.05) is 26.2 Å². The van der Waals surface area contributed by atoms with Crippen molar-refractivity contribution in [2.24, 2.45) is 5.41 Å². The van der Waals surface area contributed by atoms with Crippen molar-refractivity contribution in [2.45, 2.75) is 32.7 Å². The first-order valence-corrected chi connectivity index (χ1v) is 10.8.